The van der Waals surface area contributed by atoms with E-state index in [9.17, 15) is 0 Å². The van der Waals surface area contributed by atoms with E-state index in [0.29, 0.717) is 13.1 Å². The molecule has 0 saturated carbocycles. The van der Waals surface area contributed by atoms with Gasteiger partial charge in [-0.1, -0.05) is 6.07 Å². The molecule has 2 N–H and O–H groups in total. The van der Waals surface area contributed by atoms with Gasteiger partial charge >= 0.3 is 0 Å². The third-order valence-electron chi connectivity index (χ3n) is 2.86. The van der Waals surface area contributed by atoms with Crippen LogP contribution in [-0.4, -0.2) is 17.5 Å². The van der Waals surface area contributed by atoms with Crippen molar-refractivity contribution in [3.63, 3.8) is 0 Å². The molecule has 2 aromatic heterocycles. The van der Waals surface area contributed by atoms with Crippen LogP contribution in [0.4, 0.5) is 0 Å². The molecule has 0 atom stereocenters. The van der Waals surface area contributed by atoms with Gasteiger partial charge in [-0.25, -0.2) is 4.99 Å². The normalized spacial score (nSPS) is 11.4. The number of furan rings is 1. The molecule has 0 radical (unpaired) electrons. The zero-order chi connectivity index (χ0) is 14.2. The van der Waals surface area contributed by atoms with Gasteiger partial charge in [0, 0.05) is 12.7 Å². The number of aliphatic imine (C=N–C) groups is 1. The first-order valence-corrected chi connectivity index (χ1v) is 6.74. The third kappa shape index (κ3) is 4.12. The molecule has 106 valence electrons. The van der Waals surface area contributed by atoms with E-state index in [1.165, 1.54) is 0 Å². The van der Waals surface area contributed by atoms with Gasteiger partial charge in [0.1, 0.15) is 5.76 Å². The topological polar surface area (TPSA) is 62.5 Å². The fraction of sp³-hybridized carbons (Fsp3) is 0.333. The summed E-state index contributed by atoms with van der Waals surface area (Å²) in [5, 5.41) is 6.43. The van der Waals surface area contributed by atoms with Crippen molar-refractivity contribution in [3.05, 3.63) is 53.7 Å². The van der Waals surface area contributed by atoms with E-state index in [1.54, 1.807) is 12.5 Å². The van der Waals surface area contributed by atoms with Crippen LogP contribution in [0.2, 0.25) is 0 Å². The highest BCUT2D eigenvalue weighted by molar-refractivity contribution is 5.79. The van der Waals surface area contributed by atoms with Crippen molar-refractivity contribution in [2.75, 3.05) is 6.54 Å². The average Bonchev–Trinajstić information content (AvgIpc) is 2.97. The summed E-state index contributed by atoms with van der Waals surface area (Å²) in [6.45, 7) is 6.06. The second-order valence-corrected chi connectivity index (χ2v) is 4.40. The van der Waals surface area contributed by atoms with Crippen molar-refractivity contribution >= 4 is 5.96 Å². The predicted molar refractivity (Wildman–Crippen MR) is 79.3 cm³/mol. The Balaban J connectivity index is 1.96. The summed E-state index contributed by atoms with van der Waals surface area (Å²) in [7, 11) is 0. The number of nitrogens with zero attached hydrogens (tertiary/aromatic N) is 2. The smallest absolute Gasteiger partial charge is 0.192 e. The molecule has 20 heavy (non-hydrogen) atoms. The van der Waals surface area contributed by atoms with Gasteiger partial charge in [0.2, 0.25) is 0 Å². The van der Waals surface area contributed by atoms with Gasteiger partial charge in [-0.15, -0.1) is 0 Å². The van der Waals surface area contributed by atoms with Crippen molar-refractivity contribution in [2.24, 2.45) is 4.99 Å². The Bertz CT molecular complexity index is 549. The van der Waals surface area contributed by atoms with E-state index < -0.39 is 0 Å². The number of hydrogen-bond acceptors (Lipinski definition) is 3. The van der Waals surface area contributed by atoms with Crippen LogP contribution < -0.4 is 10.6 Å². The fourth-order valence-corrected chi connectivity index (χ4v) is 1.76. The minimum atomic E-state index is 0.556. The number of guanidine groups is 1. The Hall–Kier alpha value is -2.30. The molecule has 5 heteroatoms. The van der Waals surface area contributed by atoms with Crippen LogP contribution >= 0.6 is 0 Å². The minimum Gasteiger partial charge on any atom is -0.467 e. The van der Waals surface area contributed by atoms with Gasteiger partial charge in [0.05, 0.1) is 25.0 Å². The number of rotatable bonds is 5. The Morgan fingerprint density at radius 2 is 2.20 bits per heavy atom. The maximum atomic E-state index is 5.29. The molecule has 0 aromatic carbocycles. The van der Waals surface area contributed by atoms with Crippen molar-refractivity contribution in [2.45, 2.75) is 26.9 Å². The number of aromatic nitrogens is 1. The van der Waals surface area contributed by atoms with Crippen molar-refractivity contribution in [3.8, 4) is 0 Å². The molecule has 0 saturated heterocycles. The van der Waals surface area contributed by atoms with Gasteiger partial charge in [-0.2, -0.15) is 0 Å². The van der Waals surface area contributed by atoms with Crippen molar-refractivity contribution in [1.82, 2.24) is 15.6 Å². The summed E-state index contributed by atoms with van der Waals surface area (Å²) < 4.78 is 5.29. The van der Waals surface area contributed by atoms with E-state index in [2.05, 4.69) is 20.6 Å². The molecular formula is C15H20N4O. The Morgan fingerprint density at radius 3 is 2.90 bits per heavy atom. The molecule has 0 fully saturated rings. The lowest BCUT2D eigenvalue weighted by Gasteiger charge is -2.10. The highest BCUT2D eigenvalue weighted by atomic mass is 16.3. The third-order valence-corrected chi connectivity index (χ3v) is 2.86. The van der Waals surface area contributed by atoms with Crippen LogP contribution in [-0.2, 0) is 13.1 Å². The summed E-state index contributed by atoms with van der Waals surface area (Å²) >= 11 is 0. The highest BCUT2D eigenvalue weighted by Gasteiger charge is 2.01. The monoisotopic (exact) mass is 272 g/mol. The Labute approximate surface area is 119 Å². The number of pyridine rings is 1. The molecule has 0 aliphatic carbocycles. The molecule has 2 heterocycles. The van der Waals surface area contributed by atoms with Crippen LogP contribution in [0.15, 0.2) is 46.1 Å². The second-order valence-electron chi connectivity index (χ2n) is 4.40. The number of hydrogen-bond donors (Lipinski definition) is 2. The van der Waals surface area contributed by atoms with E-state index in [0.717, 1.165) is 29.5 Å². The van der Waals surface area contributed by atoms with Crippen LogP contribution in [0.25, 0.3) is 0 Å². The van der Waals surface area contributed by atoms with Crippen LogP contribution in [0.5, 0.6) is 0 Å². The fourth-order valence-electron chi connectivity index (χ4n) is 1.76. The zero-order valence-corrected chi connectivity index (χ0v) is 11.9. The standard InChI is InChI=1S/C15H20N4O/c1-3-16-15(18-10-13-7-5-9-20-13)19-11-14-12(2)6-4-8-17-14/h4-9H,3,10-11H2,1-2H3,(H2,16,18,19). The van der Waals surface area contributed by atoms with Crippen molar-refractivity contribution < 1.29 is 4.42 Å². The zero-order valence-electron chi connectivity index (χ0n) is 11.9. The average molecular weight is 272 g/mol. The Morgan fingerprint density at radius 1 is 1.30 bits per heavy atom. The SMILES string of the molecule is CCNC(=NCc1ncccc1C)NCc1ccco1. The molecular weight excluding hydrogens is 252 g/mol. The van der Waals surface area contributed by atoms with Gasteiger partial charge in [0.25, 0.3) is 0 Å². The summed E-state index contributed by atoms with van der Waals surface area (Å²) in [5.41, 5.74) is 2.14. The van der Waals surface area contributed by atoms with Crippen LogP contribution in [0.1, 0.15) is 23.9 Å². The molecule has 0 unspecified atom stereocenters. The maximum Gasteiger partial charge on any atom is 0.192 e. The first-order valence-electron chi connectivity index (χ1n) is 6.74. The number of aryl methyl sites for hydroxylation is 1. The van der Waals surface area contributed by atoms with Crippen LogP contribution in [0, 0.1) is 6.92 Å². The summed E-state index contributed by atoms with van der Waals surface area (Å²) in [6.07, 6.45) is 3.46. The van der Waals surface area contributed by atoms with Gasteiger partial charge in [0.15, 0.2) is 5.96 Å². The molecule has 0 aliphatic rings. The molecule has 2 aromatic rings. The molecule has 0 bridgehead atoms. The van der Waals surface area contributed by atoms with E-state index in [1.807, 2.05) is 38.1 Å². The molecule has 0 amide bonds. The highest BCUT2D eigenvalue weighted by Crippen LogP contribution is 2.04. The van der Waals surface area contributed by atoms with Crippen molar-refractivity contribution in [1.29, 1.82) is 0 Å². The van der Waals surface area contributed by atoms with Gasteiger partial charge < -0.3 is 15.1 Å². The molecule has 2 rings (SSSR count). The molecule has 0 aliphatic heterocycles. The lowest BCUT2D eigenvalue weighted by molar-refractivity contribution is 0.501. The predicted octanol–water partition coefficient (Wildman–Crippen LogP) is 2.24. The lowest BCUT2D eigenvalue weighted by Crippen LogP contribution is -2.36. The van der Waals surface area contributed by atoms with Gasteiger partial charge in [-0.3, -0.25) is 4.98 Å². The first kappa shape index (κ1) is 14.1. The van der Waals surface area contributed by atoms with Gasteiger partial charge in [-0.05, 0) is 37.6 Å². The summed E-state index contributed by atoms with van der Waals surface area (Å²) in [6, 6.07) is 7.78. The quantitative estimate of drug-likeness (QED) is 0.647. The largest absolute Gasteiger partial charge is 0.467 e. The maximum absolute atomic E-state index is 5.29. The Kier molecular flexibility index (Phi) is 5.17. The van der Waals surface area contributed by atoms with E-state index >= 15 is 0 Å². The van der Waals surface area contributed by atoms with E-state index in [4.69, 9.17) is 4.42 Å². The minimum absolute atomic E-state index is 0.556. The van der Waals surface area contributed by atoms with Crippen LogP contribution in [0.3, 0.4) is 0 Å². The molecule has 0 spiro atoms. The summed E-state index contributed by atoms with van der Waals surface area (Å²) in [5.74, 6) is 1.64. The lowest BCUT2D eigenvalue weighted by atomic mass is 10.2. The second kappa shape index (κ2) is 7.33. The number of nitrogens with one attached hydrogen (secondary N) is 2. The summed E-state index contributed by atoms with van der Waals surface area (Å²) in [4.78, 5) is 8.87. The van der Waals surface area contributed by atoms with E-state index in [-0.39, 0.29) is 0 Å². The molecule has 5 nitrogen and oxygen atoms in total. The first-order chi connectivity index (χ1) is 9.79.